The highest BCUT2D eigenvalue weighted by atomic mass is 35.5. The van der Waals surface area contributed by atoms with Crippen LogP contribution in [-0.4, -0.2) is 70.6 Å². The normalized spacial score (nSPS) is 21.3. The Hall–Kier alpha value is -2.04. The van der Waals surface area contributed by atoms with Crippen LogP contribution in [0.3, 0.4) is 0 Å². The number of fused-ring (bicyclic) bond motifs is 1. The van der Waals surface area contributed by atoms with Crippen LogP contribution < -0.4 is 0 Å². The summed E-state index contributed by atoms with van der Waals surface area (Å²) < 4.78 is 50.8. The van der Waals surface area contributed by atoms with Gasteiger partial charge in [0.1, 0.15) is 5.60 Å². The van der Waals surface area contributed by atoms with Gasteiger partial charge in [0.2, 0.25) is 5.60 Å². The highest BCUT2D eigenvalue weighted by Gasteiger charge is 2.57. The minimum Gasteiger partial charge on any atom is -0.444 e. The first-order valence-electron chi connectivity index (χ1n) is 10.6. The Morgan fingerprint density at radius 3 is 2.45 bits per heavy atom. The van der Waals surface area contributed by atoms with Crippen molar-refractivity contribution in [1.82, 2.24) is 9.80 Å². The van der Waals surface area contributed by atoms with E-state index in [-0.39, 0.29) is 32.7 Å². The number of aliphatic hydroxyl groups is 1. The number of benzene rings is 1. The summed E-state index contributed by atoms with van der Waals surface area (Å²) in [7, 11) is 0. The molecule has 0 unspecified atom stereocenters. The molecule has 33 heavy (non-hydrogen) atoms. The van der Waals surface area contributed by atoms with E-state index in [1.807, 2.05) is 0 Å². The Morgan fingerprint density at radius 2 is 1.85 bits per heavy atom. The molecule has 2 aliphatic rings. The molecule has 1 aromatic rings. The van der Waals surface area contributed by atoms with Gasteiger partial charge in [-0.2, -0.15) is 13.2 Å². The average molecular weight is 493 g/mol. The van der Waals surface area contributed by atoms with Crippen molar-refractivity contribution in [1.29, 1.82) is 0 Å². The summed E-state index contributed by atoms with van der Waals surface area (Å²) in [6.07, 6.45) is -5.41. The van der Waals surface area contributed by atoms with Gasteiger partial charge in [0.15, 0.2) is 0 Å². The molecule has 1 N–H and O–H groups in total. The largest absolute Gasteiger partial charge is 0.444 e. The third kappa shape index (κ3) is 5.38. The Bertz CT molecular complexity index is 930. The number of carbonyl (C=O) groups excluding carboxylic acids is 2. The van der Waals surface area contributed by atoms with Crippen LogP contribution in [0.1, 0.15) is 50.4 Å². The van der Waals surface area contributed by atoms with Gasteiger partial charge in [-0.3, -0.25) is 9.69 Å². The van der Waals surface area contributed by atoms with Gasteiger partial charge in [0.25, 0.3) is 5.91 Å². The van der Waals surface area contributed by atoms with Crippen LogP contribution in [-0.2, 0) is 27.2 Å². The van der Waals surface area contributed by atoms with E-state index in [1.54, 1.807) is 32.9 Å². The molecule has 0 saturated carbocycles. The van der Waals surface area contributed by atoms with Gasteiger partial charge in [-0.1, -0.05) is 11.6 Å². The van der Waals surface area contributed by atoms with Crippen molar-refractivity contribution >= 4 is 23.6 Å². The molecule has 0 bridgehead atoms. The molecule has 0 aliphatic carbocycles. The first-order chi connectivity index (χ1) is 15.1. The zero-order valence-electron chi connectivity index (χ0n) is 19.0. The van der Waals surface area contributed by atoms with Crippen LogP contribution in [0.2, 0.25) is 5.02 Å². The van der Waals surface area contributed by atoms with Gasteiger partial charge >= 0.3 is 12.3 Å². The molecule has 2 heterocycles. The molecule has 184 valence electrons. The maximum atomic E-state index is 13.2. The van der Waals surface area contributed by atoms with Crippen LogP contribution in [0.15, 0.2) is 12.1 Å². The fourth-order valence-corrected chi connectivity index (χ4v) is 4.21. The number of morpholine rings is 1. The summed E-state index contributed by atoms with van der Waals surface area (Å²) >= 11 is 6.32. The second-order valence-electron chi connectivity index (χ2n) is 9.44. The van der Waals surface area contributed by atoms with E-state index in [0.29, 0.717) is 29.7 Å². The molecule has 0 spiro atoms. The third-order valence-corrected chi connectivity index (χ3v) is 5.93. The highest BCUT2D eigenvalue weighted by molar-refractivity contribution is 6.30. The van der Waals surface area contributed by atoms with Gasteiger partial charge in [-0.15, -0.1) is 0 Å². The molecule has 2 aliphatic heterocycles. The Balaban J connectivity index is 1.96. The van der Waals surface area contributed by atoms with Crippen LogP contribution >= 0.6 is 11.6 Å². The van der Waals surface area contributed by atoms with Gasteiger partial charge in [-0.25, -0.2) is 4.79 Å². The number of nitrogens with zero attached hydrogens (tertiary/aromatic N) is 2. The van der Waals surface area contributed by atoms with Gasteiger partial charge in [-0.05, 0) is 62.9 Å². The van der Waals surface area contributed by atoms with Gasteiger partial charge in [0.05, 0.1) is 19.3 Å². The van der Waals surface area contributed by atoms with Crippen LogP contribution in [0, 0.1) is 0 Å². The maximum Gasteiger partial charge on any atom is 0.426 e. The van der Waals surface area contributed by atoms with Crippen LogP contribution in [0.25, 0.3) is 0 Å². The predicted molar refractivity (Wildman–Crippen MR) is 114 cm³/mol. The number of ether oxygens (including phenoxy) is 2. The average Bonchev–Trinajstić information content (AvgIpc) is 2.70. The molecular weight excluding hydrogens is 465 g/mol. The Morgan fingerprint density at radius 1 is 1.18 bits per heavy atom. The SMILES string of the molecule is CC(C)(C)OC(=O)N1CCOC[C@H]1c1cc(Cl)cc2c1CN(C(=O)[C@](C)(O)C(F)(F)F)CC2. The summed E-state index contributed by atoms with van der Waals surface area (Å²) in [4.78, 5) is 27.9. The summed E-state index contributed by atoms with van der Waals surface area (Å²) in [5.41, 5.74) is -2.30. The molecule has 3 rings (SSSR count). The number of carbonyl (C=O) groups is 2. The van der Waals surface area contributed by atoms with Gasteiger partial charge in [0, 0.05) is 24.7 Å². The first kappa shape index (κ1) is 25.6. The summed E-state index contributed by atoms with van der Waals surface area (Å²) in [6, 6.07) is 2.73. The van der Waals surface area contributed by atoms with Crippen molar-refractivity contribution in [2.24, 2.45) is 0 Å². The zero-order chi connectivity index (χ0) is 24.8. The van der Waals surface area contributed by atoms with Crippen molar-refractivity contribution < 1.29 is 37.3 Å². The molecular formula is C22H28ClF3N2O5. The molecule has 1 aromatic carbocycles. The summed E-state index contributed by atoms with van der Waals surface area (Å²) in [5, 5.41) is 10.3. The molecule has 0 radical (unpaired) electrons. The minimum absolute atomic E-state index is 0.00517. The maximum absolute atomic E-state index is 13.2. The monoisotopic (exact) mass is 492 g/mol. The number of amides is 2. The molecule has 2 amide bonds. The van der Waals surface area contributed by atoms with E-state index in [1.165, 1.54) is 4.90 Å². The van der Waals surface area contributed by atoms with Crippen molar-refractivity contribution in [2.45, 2.75) is 64.1 Å². The van der Waals surface area contributed by atoms with Crippen molar-refractivity contribution in [2.75, 3.05) is 26.3 Å². The lowest BCUT2D eigenvalue weighted by Crippen LogP contribution is -2.57. The first-order valence-corrected chi connectivity index (χ1v) is 11.0. The summed E-state index contributed by atoms with van der Waals surface area (Å²) in [6.45, 7) is 6.23. The number of rotatable bonds is 2. The van der Waals surface area contributed by atoms with Crippen molar-refractivity contribution in [3.8, 4) is 0 Å². The van der Waals surface area contributed by atoms with E-state index in [2.05, 4.69) is 0 Å². The lowest BCUT2D eigenvalue weighted by Gasteiger charge is -2.40. The zero-order valence-corrected chi connectivity index (χ0v) is 19.7. The minimum atomic E-state index is -5.11. The van der Waals surface area contributed by atoms with Crippen molar-refractivity contribution in [3.05, 3.63) is 33.8 Å². The molecule has 7 nitrogen and oxygen atoms in total. The Labute approximate surface area is 195 Å². The van der Waals surface area contributed by atoms with E-state index >= 15 is 0 Å². The van der Waals surface area contributed by atoms with Crippen molar-refractivity contribution in [3.63, 3.8) is 0 Å². The fourth-order valence-electron chi connectivity index (χ4n) is 3.96. The van der Waals surface area contributed by atoms with E-state index in [4.69, 9.17) is 21.1 Å². The number of halogens is 4. The molecule has 2 atom stereocenters. The van der Waals surface area contributed by atoms with E-state index < -0.39 is 35.4 Å². The highest BCUT2D eigenvalue weighted by Crippen LogP contribution is 2.37. The molecule has 0 aromatic heterocycles. The van der Waals surface area contributed by atoms with E-state index in [0.717, 1.165) is 10.5 Å². The Kier molecular flexibility index (Phi) is 6.94. The second kappa shape index (κ2) is 8.96. The smallest absolute Gasteiger partial charge is 0.426 e. The molecule has 1 fully saturated rings. The van der Waals surface area contributed by atoms with Crippen LogP contribution in [0.4, 0.5) is 18.0 Å². The summed E-state index contributed by atoms with van der Waals surface area (Å²) in [5.74, 6) is -1.43. The quantitative estimate of drug-likeness (QED) is 0.678. The standard InChI is InChI=1S/C22H28ClF3N2O5/c1-20(2,3)33-19(30)28-7-8-32-12-17(28)15-10-14(23)9-13-5-6-27(11-16(13)15)18(29)21(4,31)22(24,25)26/h9-10,17,31H,5-8,11-12H2,1-4H3/t17-,21-/m0/s1. The predicted octanol–water partition coefficient (Wildman–Crippen LogP) is 3.85. The number of hydrogen-bond donors (Lipinski definition) is 1. The lowest BCUT2D eigenvalue weighted by atomic mass is 9.89. The molecule has 11 heteroatoms. The van der Waals surface area contributed by atoms with E-state index in [9.17, 15) is 27.9 Å². The second-order valence-corrected chi connectivity index (χ2v) is 9.88. The van der Waals surface area contributed by atoms with Gasteiger partial charge < -0.3 is 19.5 Å². The number of alkyl halides is 3. The fraction of sp³-hybridized carbons (Fsp3) is 0.636. The topological polar surface area (TPSA) is 79.3 Å². The third-order valence-electron chi connectivity index (χ3n) is 5.71. The van der Waals surface area contributed by atoms with Crippen LogP contribution in [0.5, 0.6) is 0 Å². The molecule has 1 saturated heterocycles. The number of hydrogen-bond acceptors (Lipinski definition) is 5. The lowest BCUT2D eigenvalue weighted by molar-refractivity contribution is -0.250.